The van der Waals surface area contributed by atoms with Crippen LogP contribution in [0.5, 0.6) is 0 Å². The van der Waals surface area contributed by atoms with Crippen molar-refractivity contribution in [3.8, 4) is 0 Å². The van der Waals surface area contributed by atoms with E-state index in [1.165, 1.54) is 0 Å². The van der Waals surface area contributed by atoms with Gasteiger partial charge in [0, 0.05) is 12.5 Å². The van der Waals surface area contributed by atoms with Crippen molar-refractivity contribution in [1.29, 1.82) is 0 Å². The molecule has 0 unspecified atom stereocenters. The molecule has 2 saturated carbocycles. The standard InChI is InChI=1S/C13H23NO2/c1-12(2)5-7-13(16,8-6-12)9-14-11(15)10-3-4-10/h10,16H,3-9H2,1-2H3,(H,14,15). The molecule has 16 heavy (non-hydrogen) atoms. The molecule has 0 atom stereocenters. The number of hydrogen-bond acceptors (Lipinski definition) is 2. The van der Waals surface area contributed by atoms with Gasteiger partial charge in [0.05, 0.1) is 5.60 Å². The van der Waals surface area contributed by atoms with Crippen molar-refractivity contribution in [2.45, 2.75) is 58.0 Å². The zero-order valence-corrected chi connectivity index (χ0v) is 10.4. The molecule has 2 N–H and O–H groups in total. The van der Waals surface area contributed by atoms with Crippen LogP contribution in [0.2, 0.25) is 0 Å². The second-order valence-electron chi connectivity index (χ2n) is 6.38. The number of amides is 1. The molecule has 2 rings (SSSR count). The van der Waals surface area contributed by atoms with Crippen molar-refractivity contribution in [3.05, 3.63) is 0 Å². The molecule has 0 aromatic rings. The predicted molar refractivity (Wildman–Crippen MR) is 62.9 cm³/mol. The Morgan fingerprint density at radius 1 is 1.25 bits per heavy atom. The molecule has 2 aliphatic rings. The minimum absolute atomic E-state index is 0.137. The highest BCUT2D eigenvalue weighted by atomic mass is 16.3. The molecule has 1 amide bonds. The Labute approximate surface area is 97.6 Å². The smallest absolute Gasteiger partial charge is 0.223 e. The first-order valence-corrected chi connectivity index (χ1v) is 6.40. The SMILES string of the molecule is CC1(C)CCC(O)(CNC(=O)C2CC2)CC1. The zero-order valence-electron chi connectivity index (χ0n) is 10.4. The number of hydrogen-bond donors (Lipinski definition) is 2. The molecule has 0 heterocycles. The van der Waals surface area contributed by atoms with Gasteiger partial charge in [-0.25, -0.2) is 0 Å². The monoisotopic (exact) mass is 225 g/mol. The molecule has 2 aliphatic carbocycles. The van der Waals surface area contributed by atoms with E-state index in [0.717, 1.165) is 38.5 Å². The molecule has 0 aromatic carbocycles. The Bertz CT molecular complexity index is 272. The molecule has 2 fully saturated rings. The van der Waals surface area contributed by atoms with Crippen LogP contribution in [0.15, 0.2) is 0 Å². The van der Waals surface area contributed by atoms with Crippen LogP contribution >= 0.6 is 0 Å². The first-order valence-electron chi connectivity index (χ1n) is 6.40. The molecule has 3 heteroatoms. The Morgan fingerprint density at radius 2 is 1.81 bits per heavy atom. The molecule has 0 aromatic heterocycles. The summed E-state index contributed by atoms with van der Waals surface area (Å²) in [6.07, 6.45) is 5.76. The number of nitrogens with one attached hydrogen (secondary N) is 1. The second kappa shape index (κ2) is 4.02. The molecule has 0 saturated heterocycles. The third-order valence-corrected chi connectivity index (χ3v) is 4.07. The third kappa shape index (κ3) is 2.97. The molecule has 0 aliphatic heterocycles. The fourth-order valence-electron chi connectivity index (χ4n) is 2.31. The maximum Gasteiger partial charge on any atom is 0.223 e. The van der Waals surface area contributed by atoms with Crippen LogP contribution in [0.25, 0.3) is 0 Å². The highest BCUT2D eigenvalue weighted by Gasteiger charge is 2.38. The lowest BCUT2D eigenvalue weighted by Gasteiger charge is -2.40. The summed E-state index contributed by atoms with van der Waals surface area (Å²) >= 11 is 0. The normalized spacial score (nSPS) is 27.4. The lowest BCUT2D eigenvalue weighted by Crippen LogP contribution is -2.46. The van der Waals surface area contributed by atoms with Gasteiger partial charge in [-0.15, -0.1) is 0 Å². The third-order valence-electron chi connectivity index (χ3n) is 4.07. The van der Waals surface area contributed by atoms with Gasteiger partial charge in [0.2, 0.25) is 5.91 Å². The van der Waals surface area contributed by atoms with Gasteiger partial charge in [0.25, 0.3) is 0 Å². The molecule has 0 bridgehead atoms. The van der Waals surface area contributed by atoms with Gasteiger partial charge >= 0.3 is 0 Å². The first kappa shape index (κ1) is 11.9. The minimum Gasteiger partial charge on any atom is -0.388 e. The first-order chi connectivity index (χ1) is 7.40. The van der Waals surface area contributed by atoms with Gasteiger partial charge in [-0.1, -0.05) is 13.8 Å². The van der Waals surface area contributed by atoms with Crippen LogP contribution in [-0.4, -0.2) is 23.2 Å². The van der Waals surface area contributed by atoms with E-state index in [2.05, 4.69) is 19.2 Å². The Morgan fingerprint density at radius 3 is 2.31 bits per heavy atom. The number of aliphatic hydroxyl groups is 1. The average Bonchev–Trinajstić information content (AvgIpc) is 3.04. The molecular formula is C13H23NO2. The summed E-state index contributed by atoms with van der Waals surface area (Å²) in [5.74, 6) is 0.377. The van der Waals surface area contributed by atoms with E-state index in [4.69, 9.17) is 0 Å². The molecule has 0 spiro atoms. The van der Waals surface area contributed by atoms with E-state index in [-0.39, 0.29) is 11.8 Å². The van der Waals surface area contributed by atoms with Gasteiger partial charge in [0.1, 0.15) is 0 Å². The van der Waals surface area contributed by atoms with Gasteiger partial charge in [-0.05, 0) is 43.9 Å². The minimum atomic E-state index is -0.653. The van der Waals surface area contributed by atoms with Gasteiger partial charge in [0.15, 0.2) is 0 Å². The average molecular weight is 225 g/mol. The molecule has 3 nitrogen and oxygen atoms in total. The summed E-state index contributed by atoms with van der Waals surface area (Å²) in [7, 11) is 0. The van der Waals surface area contributed by atoms with Crippen molar-refractivity contribution < 1.29 is 9.90 Å². The van der Waals surface area contributed by atoms with Crippen molar-refractivity contribution in [1.82, 2.24) is 5.32 Å². The molecular weight excluding hydrogens is 202 g/mol. The van der Waals surface area contributed by atoms with Crippen molar-refractivity contribution in [2.75, 3.05) is 6.54 Å². The molecule has 0 radical (unpaired) electrons. The van der Waals surface area contributed by atoms with E-state index in [9.17, 15) is 9.90 Å². The van der Waals surface area contributed by atoms with Gasteiger partial charge in [-0.2, -0.15) is 0 Å². The Balaban J connectivity index is 1.77. The summed E-state index contributed by atoms with van der Waals surface area (Å²) < 4.78 is 0. The van der Waals surface area contributed by atoms with Crippen LogP contribution < -0.4 is 5.32 Å². The summed E-state index contributed by atoms with van der Waals surface area (Å²) in [6, 6.07) is 0. The summed E-state index contributed by atoms with van der Waals surface area (Å²) in [5.41, 5.74) is -0.299. The topological polar surface area (TPSA) is 49.3 Å². The largest absolute Gasteiger partial charge is 0.388 e. The van der Waals surface area contributed by atoms with E-state index >= 15 is 0 Å². The number of rotatable bonds is 3. The second-order valence-corrected chi connectivity index (χ2v) is 6.38. The molecule has 92 valence electrons. The highest BCUT2D eigenvalue weighted by Crippen LogP contribution is 2.40. The number of carbonyl (C=O) groups excluding carboxylic acids is 1. The van der Waals surface area contributed by atoms with Crippen LogP contribution in [0, 0.1) is 11.3 Å². The lowest BCUT2D eigenvalue weighted by atomic mass is 9.71. The summed E-state index contributed by atoms with van der Waals surface area (Å²) in [6.45, 7) is 4.93. The fraction of sp³-hybridized carbons (Fsp3) is 0.923. The van der Waals surface area contributed by atoms with Crippen molar-refractivity contribution in [2.24, 2.45) is 11.3 Å². The Kier molecular flexibility index (Phi) is 2.99. The van der Waals surface area contributed by atoms with E-state index in [0.29, 0.717) is 12.0 Å². The lowest BCUT2D eigenvalue weighted by molar-refractivity contribution is -0.124. The van der Waals surface area contributed by atoms with Crippen LogP contribution in [0.1, 0.15) is 52.4 Å². The van der Waals surface area contributed by atoms with Crippen molar-refractivity contribution >= 4 is 5.91 Å². The van der Waals surface area contributed by atoms with Crippen LogP contribution in [-0.2, 0) is 4.79 Å². The quantitative estimate of drug-likeness (QED) is 0.770. The van der Waals surface area contributed by atoms with E-state index < -0.39 is 5.60 Å². The van der Waals surface area contributed by atoms with Gasteiger partial charge in [-0.3, -0.25) is 4.79 Å². The van der Waals surface area contributed by atoms with E-state index in [1.54, 1.807) is 0 Å². The fourth-order valence-corrected chi connectivity index (χ4v) is 2.31. The number of carbonyl (C=O) groups is 1. The van der Waals surface area contributed by atoms with Gasteiger partial charge < -0.3 is 10.4 Å². The highest BCUT2D eigenvalue weighted by molar-refractivity contribution is 5.80. The Hall–Kier alpha value is -0.570. The maximum absolute atomic E-state index is 11.5. The van der Waals surface area contributed by atoms with Crippen molar-refractivity contribution in [3.63, 3.8) is 0 Å². The maximum atomic E-state index is 11.5. The van der Waals surface area contributed by atoms with E-state index in [1.807, 2.05) is 0 Å². The predicted octanol–water partition coefficient (Wildman–Crippen LogP) is 1.84. The zero-order chi connectivity index (χ0) is 11.8. The summed E-state index contributed by atoms with van der Waals surface area (Å²) in [4.78, 5) is 11.5. The summed E-state index contributed by atoms with van der Waals surface area (Å²) in [5, 5.41) is 13.2. The van der Waals surface area contributed by atoms with Crippen LogP contribution in [0.3, 0.4) is 0 Å². The van der Waals surface area contributed by atoms with Crippen LogP contribution in [0.4, 0.5) is 0 Å².